The van der Waals surface area contributed by atoms with E-state index in [1.54, 1.807) is 23.1 Å². The Bertz CT molecular complexity index is 730. The molecule has 2 fully saturated rings. The number of hydrogen-bond donors (Lipinski definition) is 2. The molecule has 1 aromatic rings. The summed E-state index contributed by atoms with van der Waals surface area (Å²) in [6.45, 7) is 5.55. The van der Waals surface area contributed by atoms with Crippen LogP contribution in [-0.4, -0.2) is 56.1 Å². The van der Waals surface area contributed by atoms with Gasteiger partial charge in [0.1, 0.15) is 13.2 Å². The maximum Gasteiger partial charge on any atom is 0.243 e. The Balaban J connectivity index is 1.34. The van der Waals surface area contributed by atoms with Crippen LogP contribution in [0.5, 0.6) is 11.5 Å². The molecule has 2 N–H and O–H groups in total. The second kappa shape index (κ2) is 7.38. The van der Waals surface area contributed by atoms with E-state index < -0.39 is 0 Å². The zero-order chi connectivity index (χ0) is 18.9. The van der Waals surface area contributed by atoms with Crippen LogP contribution in [0.4, 0.5) is 5.69 Å². The smallest absolute Gasteiger partial charge is 0.243 e. The average Bonchev–Trinajstić information content (AvgIpc) is 3.38. The molecule has 2 amide bonds. The van der Waals surface area contributed by atoms with Crippen LogP contribution < -0.4 is 20.1 Å². The monoisotopic (exact) mass is 373 g/mol. The number of benzene rings is 1. The second-order valence-electron chi connectivity index (χ2n) is 7.63. The van der Waals surface area contributed by atoms with Gasteiger partial charge in [-0.3, -0.25) is 9.59 Å². The highest BCUT2D eigenvalue weighted by atomic mass is 16.6. The van der Waals surface area contributed by atoms with E-state index in [4.69, 9.17) is 9.47 Å². The van der Waals surface area contributed by atoms with Crippen LogP contribution in [0.1, 0.15) is 26.2 Å². The van der Waals surface area contributed by atoms with Crippen LogP contribution in [0, 0.1) is 11.3 Å². The SMILES string of the molecule is CCN(CC(=O)Nc1ccc2c(c1)OCCO2)C(=O)C1CC12CCNCC2. The molecule has 27 heavy (non-hydrogen) atoms. The van der Waals surface area contributed by atoms with E-state index in [2.05, 4.69) is 10.6 Å². The highest BCUT2D eigenvalue weighted by molar-refractivity contribution is 5.95. The van der Waals surface area contributed by atoms with Gasteiger partial charge in [-0.05, 0) is 56.8 Å². The maximum absolute atomic E-state index is 12.9. The topological polar surface area (TPSA) is 79.9 Å². The van der Waals surface area contributed by atoms with E-state index in [1.165, 1.54) is 0 Å². The third-order valence-electron chi connectivity index (χ3n) is 5.94. The van der Waals surface area contributed by atoms with Crippen molar-refractivity contribution in [2.75, 3.05) is 44.7 Å². The predicted molar refractivity (Wildman–Crippen MR) is 101 cm³/mol. The number of hydrogen-bond acceptors (Lipinski definition) is 5. The Morgan fingerprint density at radius 2 is 1.96 bits per heavy atom. The minimum Gasteiger partial charge on any atom is -0.486 e. The minimum absolute atomic E-state index is 0.0780. The summed E-state index contributed by atoms with van der Waals surface area (Å²) in [7, 11) is 0. The van der Waals surface area contributed by atoms with Crippen molar-refractivity contribution in [3.8, 4) is 11.5 Å². The molecular weight excluding hydrogens is 346 g/mol. The van der Waals surface area contributed by atoms with Gasteiger partial charge in [0.05, 0.1) is 6.54 Å². The number of nitrogens with zero attached hydrogens (tertiary/aromatic N) is 1. The van der Waals surface area contributed by atoms with Crippen LogP contribution >= 0.6 is 0 Å². The summed E-state index contributed by atoms with van der Waals surface area (Å²) in [5.74, 6) is 1.33. The number of piperidine rings is 1. The van der Waals surface area contributed by atoms with Crippen LogP contribution in [-0.2, 0) is 9.59 Å². The normalized spacial score (nSPS) is 22.2. The molecule has 1 spiro atoms. The fraction of sp³-hybridized carbons (Fsp3) is 0.600. The Hall–Kier alpha value is -2.28. The van der Waals surface area contributed by atoms with Gasteiger partial charge in [-0.1, -0.05) is 0 Å². The number of nitrogens with one attached hydrogen (secondary N) is 2. The van der Waals surface area contributed by atoms with Gasteiger partial charge in [0.2, 0.25) is 11.8 Å². The summed E-state index contributed by atoms with van der Waals surface area (Å²) in [5, 5.41) is 6.22. The minimum atomic E-state index is -0.193. The van der Waals surface area contributed by atoms with Gasteiger partial charge in [-0.2, -0.15) is 0 Å². The second-order valence-corrected chi connectivity index (χ2v) is 7.63. The Morgan fingerprint density at radius 1 is 1.22 bits per heavy atom. The fourth-order valence-corrected chi connectivity index (χ4v) is 4.24. The quantitative estimate of drug-likeness (QED) is 0.820. The standard InChI is InChI=1S/C20H27N3O4/c1-2-23(19(25)15-12-20(15)5-7-21-8-6-20)13-18(24)22-14-3-4-16-17(11-14)27-10-9-26-16/h3-4,11,15,21H,2,5-10,12-13H2,1H3,(H,22,24). The Kier molecular flexibility index (Phi) is 4.95. The molecule has 0 aromatic heterocycles. The third-order valence-corrected chi connectivity index (χ3v) is 5.94. The number of rotatable bonds is 5. The molecule has 1 unspecified atom stereocenters. The van der Waals surface area contributed by atoms with E-state index in [0.29, 0.717) is 36.9 Å². The maximum atomic E-state index is 12.9. The molecule has 0 radical (unpaired) electrons. The first-order chi connectivity index (χ1) is 13.1. The summed E-state index contributed by atoms with van der Waals surface area (Å²) in [6.07, 6.45) is 3.09. The molecule has 1 atom stereocenters. The van der Waals surface area contributed by atoms with Gasteiger partial charge < -0.3 is 25.0 Å². The number of carbonyl (C=O) groups is 2. The van der Waals surface area contributed by atoms with Gasteiger partial charge >= 0.3 is 0 Å². The predicted octanol–water partition coefficient (Wildman–Crippen LogP) is 1.63. The van der Waals surface area contributed by atoms with Crippen molar-refractivity contribution in [2.24, 2.45) is 11.3 Å². The number of likely N-dealkylation sites (N-methyl/N-ethyl adjacent to an activating group) is 1. The highest BCUT2D eigenvalue weighted by Gasteiger charge is 2.58. The van der Waals surface area contributed by atoms with Crippen molar-refractivity contribution in [2.45, 2.75) is 26.2 Å². The van der Waals surface area contributed by atoms with Crippen molar-refractivity contribution in [3.63, 3.8) is 0 Å². The van der Waals surface area contributed by atoms with Crippen LogP contribution in [0.2, 0.25) is 0 Å². The van der Waals surface area contributed by atoms with Crippen molar-refractivity contribution in [1.82, 2.24) is 10.2 Å². The molecule has 1 saturated heterocycles. The molecule has 1 aromatic carbocycles. The molecule has 7 heteroatoms. The van der Waals surface area contributed by atoms with Gasteiger partial charge in [0.15, 0.2) is 11.5 Å². The largest absolute Gasteiger partial charge is 0.486 e. The molecule has 4 rings (SSSR count). The van der Waals surface area contributed by atoms with Gasteiger partial charge in [-0.25, -0.2) is 0 Å². The lowest BCUT2D eigenvalue weighted by Gasteiger charge is -2.26. The lowest BCUT2D eigenvalue weighted by molar-refractivity contribution is -0.136. The molecule has 146 valence electrons. The molecule has 2 heterocycles. The Labute approximate surface area is 159 Å². The molecule has 3 aliphatic rings. The van der Waals surface area contributed by atoms with Crippen molar-refractivity contribution >= 4 is 17.5 Å². The summed E-state index contributed by atoms with van der Waals surface area (Å²) in [4.78, 5) is 27.0. The van der Waals surface area contributed by atoms with Gasteiger partial charge in [0.25, 0.3) is 0 Å². The number of fused-ring (bicyclic) bond motifs is 1. The fourth-order valence-electron chi connectivity index (χ4n) is 4.24. The zero-order valence-electron chi connectivity index (χ0n) is 15.8. The lowest BCUT2D eigenvalue weighted by atomic mass is 9.91. The molecule has 1 aliphatic carbocycles. The first-order valence-corrected chi connectivity index (χ1v) is 9.80. The van der Waals surface area contributed by atoms with Crippen LogP contribution in [0.25, 0.3) is 0 Å². The molecule has 2 aliphatic heterocycles. The lowest BCUT2D eigenvalue weighted by Crippen LogP contribution is -2.40. The first-order valence-electron chi connectivity index (χ1n) is 9.80. The molecule has 0 bridgehead atoms. The summed E-state index contributed by atoms with van der Waals surface area (Å²) in [5.41, 5.74) is 0.830. The first kappa shape index (κ1) is 18.1. The van der Waals surface area contributed by atoms with Crippen molar-refractivity contribution < 1.29 is 19.1 Å². The number of anilines is 1. The van der Waals surface area contributed by atoms with Crippen molar-refractivity contribution in [3.05, 3.63) is 18.2 Å². The Morgan fingerprint density at radius 3 is 2.70 bits per heavy atom. The summed E-state index contributed by atoms with van der Waals surface area (Å²) < 4.78 is 11.0. The molecular formula is C20H27N3O4. The van der Waals surface area contributed by atoms with Crippen LogP contribution in [0.3, 0.4) is 0 Å². The van der Waals surface area contributed by atoms with Gasteiger partial charge in [-0.15, -0.1) is 0 Å². The molecule has 7 nitrogen and oxygen atoms in total. The number of ether oxygens (including phenoxy) is 2. The third kappa shape index (κ3) is 3.74. The number of carbonyl (C=O) groups excluding carboxylic acids is 2. The highest BCUT2D eigenvalue weighted by Crippen LogP contribution is 2.59. The zero-order valence-corrected chi connectivity index (χ0v) is 15.8. The van der Waals surface area contributed by atoms with Gasteiger partial charge in [0, 0.05) is 24.2 Å². The average molecular weight is 373 g/mol. The van der Waals surface area contributed by atoms with Crippen molar-refractivity contribution in [1.29, 1.82) is 0 Å². The van der Waals surface area contributed by atoms with E-state index in [9.17, 15) is 9.59 Å². The summed E-state index contributed by atoms with van der Waals surface area (Å²) >= 11 is 0. The molecule has 1 saturated carbocycles. The van der Waals surface area contributed by atoms with Crippen LogP contribution in [0.15, 0.2) is 18.2 Å². The number of amides is 2. The van der Waals surface area contributed by atoms with E-state index in [-0.39, 0.29) is 29.7 Å². The van der Waals surface area contributed by atoms with E-state index >= 15 is 0 Å². The van der Waals surface area contributed by atoms with E-state index in [0.717, 1.165) is 32.4 Å². The van der Waals surface area contributed by atoms with E-state index in [1.807, 2.05) is 6.92 Å². The summed E-state index contributed by atoms with van der Waals surface area (Å²) in [6, 6.07) is 5.34.